The molecule has 0 unspecified atom stereocenters. The fraction of sp³-hybridized carbons (Fsp3) is 0. The average molecular weight is 328 g/mol. The molecule has 0 spiro atoms. The van der Waals surface area contributed by atoms with Gasteiger partial charge >= 0.3 is 0 Å². The lowest BCUT2D eigenvalue weighted by Gasteiger charge is -2.08. The van der Waals surface area contributed by atoms with E-state index in [0.29, 0.717) is 16.0 Å². The van der Waals surface area contributed by atoms with Gasteiger partial charge in [-0.05, 0) is 23.6 Å². The van der Waals surface area contributed by atoms with E-state index in [1.807, 2.05) is 36.4 Å². The Bertz CT molecular complexity index is 840. The summed E-state index contributed by atoms with van der Waals surface area (Å²) in [5.74, 6) is -0.0215. The normalized spacial score (nSPS) is 11.3. The Labute approximate surface area is 136 Å². The minimum atomic E-state index is -0.0215. The van der Waals surface area contributed by atoms with Crippen LogP contribution in [0.25, 0.3) is 10.8 Å². The second-order valence-corrected chi connectivity index (χ2v) is 5.30. The largest absolute Gasteiger partial charge is 0.505 e. The van der Waals surface area contributed by atoms with Gasteiger partial charge in [-0.15, -0.1) is 9.45 Å². The zero-order chi connectivity index (χ0) is 16.1. The van der Waals surface area contributed by atoms with Gasteiger partial charge < -0.3 is 5.11 Å². The third-order valence-electron chi connectivity index (χ3n) is 3.14. The maximum Gasteiger partial charge on any atom is 0.152 e. The Hall–Kier alpha value is -2.45. The molecular weight excluding hydrogens is 316 g/mol. The highest BCUT2D eigenvalue weighted by Crippen LogP contribution is 2.43. The first kappa shape index (κ1) is 15.4. The summed E-state index contributed by atoms with van der Waals surface area (Å²) in [5, 5.41) is 32.1. The predicted molar refractivity (Wildman–Crippen MR) is 86.9 cm³/mol. The number of benzene rings is 3. The van der Waals surface area contributed by atoms with Crippen molar-refractivity contribution in [3.8, 4) is 5.75 Å². The van der Waals surface area contributed by atoms with Crippen LogP contribution in [0.4, 0.5) is 11.4 Å². The lowest BCUT2D eigenvalue weighted by atomic mass is 10.1. The van der Waals surface area contributed by atoms with E-state index in [9.17, 15) is 5.11 Å². The summed E-state index contributed by atoms with van der Waals surface area (Å²) in [6.45, 7) is 0. The molecule has 0 fully saturated rings. The lowest BCUT2D eigenvalue weighted by molar-refractivity contribution is -0.432. The molecule has 0 saturated heterocycles. The van der Waals surface area contributed by atoms with Crippen LogP contribution in [-0.2, 0) is 9.37 Å². The first-order valence-electron chi connectivity index (χ1n) is 6.66. The van der Waals surface area contributed by atoms with Gasteiger partial charge in [0, 0.05) is 5.39 Å². The van der Waals surface area contributed by atoms with Gasteiger partial charge in [0.05, 0.1) is 22.6 Å². The molecule has 0 saturated carbocycles. The van der Waals surface area contributed by atoms with Gasteiger partial charge in [-0.25, -0.2) is 5.26 Å². The first-order chi connectivity index (χ1) is 11.3. The number of nitrogens with zero attached hydrogens (tertiary/aromatic N) is 2. The molecular formula is C16H12N2O4S. The van der Waals surface area contributed by atoms with Crippen molar-refractivity contribution in [1.29, 1.82) is 0 Å². The molecule has 7 heteroatoms. The zero-order valence-corrected chi connectivity index (χ0v) is 12.6. The topological polar surface area (TPSA) is 83.6 Å². The van der Waals surface area contributed by atoms with Crippen molar-refractivity contribution < 1.29 is 19.7 Å². The van der Waals surface area contributed by atoms with Gasteiger partial charge in [0.1, 0.15) is 5.69 Å². The Kier molecular flexibility index (Phi) is 4.84. The highest BCUT2D eigenvalue weighted by molar-refractivity contribution is 7.94. The predicted octanol–water partition coefficient (Wildman–Crippen LogP) is 5.39. The molecule has 0 aliphatic heterocycles. The molecule has 0 amide bonds. The molecule has 3 rings (SSSR count). The van der Waals surface area contributed by atoms with Crippen molar-refractivity contribution >= 4 is 34.2 Å². The Balaban J connectivity index is 2.08. The molecule has 116 valence electrons. The Morgan fingerprint density at radius 3 is 2.43 bits per heavy atom. The summed E-state index contributed by atoms with van der Waals surface area (Å²) in [6.07, 6.45) is 0. The molecule has 6 nitrogen and oxygen atoms in total. The van der Waals surface area contributed by atoms with E-state index >= 15 is 0 Å². The standard InChI is InChI=1S/C16H12N2O4S/c19-16-13-9-5-4-6-11(13)10-14(23-22-21-20)15(16)18-17-12-7-2-1-3-8-12/h1-10,19-20H/b18-17-. The van der Waals surface area contributed by atoms with Crippen molar-refractivity contribution in [2.24, 2.45) is 10.2 Å². The number of azo groups is 1. The molecule has 23 heavy (non-hydrogen) atoms. The van der Waals surface area contributed by atoms with Crippen molar-refractivity contribution in [3.05, 3.63) is 60.7 Å². The van der Waals surface area contributed by atoms with Gasteiger partial charge in [-0.2, -0.15) is 5.11 Å². The van der Waals surface area contributed by atoms with Crippen LogP contribution < -0.4 is 0 Å². The summed E-state index contributed by atoms with van der Waals surface area (Å²) in [5.41, 5.74) is 0.880. The maximum absolute atomic E-state index is 10.5. The van der Waals surface area contributed by atoms with Gasteiger partial charge in [-0.3, -0.25) is 0 Å². The van der Waals surface area contributed by atoms with E-state index in [-0.39, 0.29) is 11.4 Å². The molecule has 0 aliphatic carbocycles. The monoisotopic (exact) mass is 328 g/mol. The van der Waals surface area contributed by atoms with Crippen molar-refractivity contribution in [2.75, 3.05) is 0 Å². The second kappa shape index (κ2) is 7.21. The quantitative estimate of drug-likeness (QED) is 0.284. The summed E-state index contributed by atoms with van der Waals surface area (Å²) >= 11 is 0.725. The van der Waals surface area contributed by atoms with Crippen LogP contribution in [0.15, 0.2) is 75.8 Å². The number of aromatic hydroxyl groups is 1. The average Bonchev–Trinajstić information content (AvgIpc) is 2.60. The van der Waals surface area contributed by atoms with Crippen LogP contribution >= 0.6 is 12.0 Å². The van der Waals surface area contributed by atoms with Gasteiger partial charge in [0.15, 0.2) is 5.75 Å². The number of phenols is 1. The fourth-order valence-electron chi connectivity index (χ4n) is 2.11. The first-order valence-corrected chi connectivity index (χ1v) is 7.40. The zero-order valence-electron chi connectivity index (χ0n) is 11.8. The van der Waals surface area contributed by atoms with Crippen LogP contribution in [0.2, 0.25) is 0 Å². The lowest BCUT2D eigenvalue weighted by Crippen LogP contribution is -1.83. The van der Waals surface area contributed by atoms with Crippen LogP contribution in [0.1, 0.15) is 0 Å². The molecule has 0 aliphatic rings. The van der Waals surface area contributed by atoms with E-state index in [1.165, 1.54) is 0 Å². The van der Waals surface area contributed by atoms with E-state index < -0.39 is 0 Å². The maximum atomic E-state index is 10.5. The van der Waals surface area contributed by atoms with E-state index in [0.717, 1.165) is 17.4 Å². The number of fused-ring (bicyclic) bond motifs is 1. The number of hydrogen-bond acceptors (Lipinski definition) is 7. The Morgan fingerprint density at radius 2 is 1.65 bits per heavy atom. The summed E-state index contributed by atoms with van der Waals surface area (Å²) in [7, 11) is 0. The van der Waals surface area contributed by atoms with E-state index in [2.05, 4.69) is 19.6 Å². The molecule has 3 aromatic carbocycles. The van der Waals surface area contributed by atoms with Crippen molar-refractivity contribution in [1.82, 2.24) is 0 Å². The summed E-state index contributed by atoms with van der Waals surface area (Å²) in [4.78, 5) is 0.454. The van der Waals surface area contributed by atoms with E-state index in [4.69, 9.17) is 5.26 Å². The van der Waals surface area contributed by atoms with Crippen LogP contribution in [0, 0.1) is 0 Å². The molecule has 0 aromatic heterocycles. The molecule has 2 N–H and O–H groups in total. The second-order valence-electron chi connectivity index (χ2n) is 4.55. The number of phenolic OH excluding ortho intramolecular Hbond substituents is 1. The number of rotatable bonds is 5. The van der Waals surface area contributed by atoms with Crippen molar-refractivity contribution in [2.45, 2.75) is 4.90 Å². The summed E-state index contributed by atoms with van der Waals surface area (Å²) in [6, 6.07) is 18.2. The minimum Gasteiger partial charge on any atom is -0.505 e. The smallest absolute Gasteiger partial charge is 0.152 e. The van der Waals surface area contributed by atoms with Crippen molar-refractivity contribution in [3.63, 3.8) is 0 Å². The molecule has 3 aromatic rings. The molecule has 0 bridgehead atoms. The highest BCUT2D eigenvalue weighted by atomic mass is 32.2. The molecule has 0 atom stereocenters. The minimum absolute atomic E-state index is 0.0215. The molecule has 0 heterocycles. The highest BCUT2D eigenvalue weighted by Gasteiger charge is 2.14. The SMILES string of the molecule is OOOSc1cc2ccccc2c(O)c1/N=N\c1ccccc1. The number of hydrogen-bond donors (Lipinski definition) is 2. The van der Waals surface area contributed by atoms with Crippen LogP contribution in [0.5, 0.6) is 5.75 Å². The van der Waals surface area contributed by atoms with E-state index in [1.54, 1.807) is 24.3 Å². The van der Waals surface area contributed by atoms with Crippen LogP contribution in [0.3, 0.4) is 0 Å². The fourth-order valence-corrected chi connectivity index (χ4v) is 2.60. The van der Waals surface area contributed by atoms with Gasteiger partial charge in [0.2, 0.25) is 0 Å². The third-order valence-corrected chi connectivity index (χ3v) is 3.76. The van der Waals surface area contributed by atoms with Gasteiger partial charge in [-0.1, -0.05) is 47.5 Å². The van der Waals surface area contributed by atoms with Gasteiger partial charge in [0.25, 0.3) is 0 Å². The summed E-state index contributed by atoms with van der Waals surface area (Å²) < 4.78 is 4.48. The molecule has 0 radical (unpaired) electrons. The van der Waals surface area contributed by atoms with Crippen LogP contribution in [-0.4, -0.2) is 10.4 Å². The third kappa shape index (κ3) is 3.49. The Morgan fingerprint density at radius 1 is 0.913 bits per heavy atom.